The fraction of sp³-hybridized carbons (Fsp3) is 0.409. The molecule has 140 valence electrons. The first-order chi connectivity index (χ1) is 12.0. The molecule has 0 bridgehead atoms. The van der Waals surface area contributed by atoms with Crippen LogP contribution in [-0.2, 0) is 17.8 Å². The van der Waals surface area contributed by atoms with Crippen molar-refractivity contribution >= 4 is 5.78 Å². The van der Waals surface area contributed by atoms with E-state index in [0.717, 1.165) is 22.8 Å². The van der Waals surface area contributed by atoms with Crippen molar-refractivity contribution in [2.24, 2.45) is 5.41 Å². The minimum absolute atomic E-state index is 0.0211. The quantitative estimate of drug-likeness (QED) is 0.660. The lowest BCUT2D eigenvalue weighted by molar-refractivity contribution is -0.120. The van der Waals surface area contributed by atoms with Crippen molar-refractivity contribution in [2.75, 3.05) is 0 Å². The van der Waals surface area contributed by atoms with Gasteiger partial charge in [0.1, 0.15) is 29.8 Å². The summed E-state index contributed by atoms with van der Waals surface area (Å²) >= 11 is 0. The Kier molecular flexibility index (Phi) is 6.17. The van der Waals surface area contributed by atoms with Gasteiger partial charge in [-0.2, -0.15) is 0 Å². The summed E-state index contributed by atoms with van der Waals surface area (Å²) in [6, 6.07) is 7.15. The lowest BCUT2D eigenvalue weighted by atomic mass is 9.87. The molecule has 0 heterocycles. The van der Waals surface area contributed by atoms with Gasteiger partial charge in [-0.1, -0.05) is 20.8 Å². The Bertz CT molecular complexity index is 781. The molecule has 0 aliphatic heterocycles. The van der Waals surface area contributed by atoms with Gasteiger partial charge >= 0.3 is 0 Å². The highest BCUT2D eigenvalue weighted by Gasteiger charge is 2.18. The summed E-state index contributed by atoms with van der Waals surface area (Å²) in [7, 11) is 0. The van der Waals surface area contributed by atoms with E-state index in [1.54, 1.807) is 0 Å². The van der Waals surface area contributed by atoms with E-state index in [9.17, 15) is 13.6 Å². The number of hydrogen-bond donors (Lipinski definition) is 0. The van der Waals surface area contributed by atoms with Gasteiger partial charge in [0.05, 0.1) is 0 Å². The number of carbonyl (C=O) groups is 1. The maximum atomic E-state index is 13.7. The molecule has 0 saturated heterocycles. The molecule has 2 rings (SSSR count). The van der Waals surface area contributed by atoms with Crippen LogP contribution in [0.1, 0.15) is 49.4 Å². The van der Waals surface area contributed by atoms with Crippen molar-refractivity contribution in [1.29, 1.82) is 0 Å². The van der Waals surface area contributed by atoms with E-state index in [1.807, 2.05) is 26.0 Å². The average Bonchev–Trinajstić information content (AvgIpc) is 2.48. The Balaban J connectivity index is 2.09. The van der Waals surface area contributed by atoms with Gasteiger partial charge in [0.25, 0.3) is 0 Å². The molecule has 0 radical (unpaired) electrons. The van der Waals surface area contributed by atoms with Crippen LogP contribution in [0.4, 0.5) is 8.78 Å². The van der Waals surface area contributed by atoms with E-state index in [4.69, 9.17) is 4.74 Å². The molecule has 0 aliphatic carbocycles. The van der Waals surface area contributed by atoms with Crippen molar-refractivity contribution in [3.8, 4) is 5.75 Å². The first kappa shape index (κ1) is 20.1. The van der Waals surface area contributed by atoms with Crippen LogP contribution in [0.2, 0.25) is 0 Å². The van der Waals surface area contributed by atoms with E-state index in [2.05, 4.69) is 20.8 Å². The highest BCUT2D eigenvalue weighted by atomic mass is 19.1. The fourth-order valence-corrected chi connectivity index (χ4v) is 2.97. The molecular weight excluding hydrogens is 334 g/mol. The molecule has 2 aromatic rings. The number of ether oxygens (including phenoxy) is 1. The van der Waals surface area contributed by atoms with Crippen molar-refractivity contribution in [1.82, 2.24) is 0 Å². The number of Topliss-reactive ketones (excluding diaryl/α,β-unsaturated/α-hetero) is 1. The van der Waals surface area contributed by atoms with Gasteiger partial charge in [0.15, 0.2) is 0 Å². The maximum absolute atomic E-state index is 13.7. The first-order valence-electron chi connectivity index (χ1n) is 8.74. The Morgan fingerprint density at radius 1 is 1.04 bits per heavy atom. The predicted octanol–water partition coefficient (Wildman–Crippen LogP) is 5.71. The molecule has 0 fully saturated rings. The summed E-state index contributed by atoms with van der Waals surface area (Å²) in [6.45, 7) is 10.1. The van der Waals surface area contributed by atoms with E-state index >= 15 is 0 Å². The topological polar surface area (TPSA) is 26.3 Å². The number of halogens is 2. The third-order valence-electron chi connectivity index (χ3n) is 4.18. The molecule has 0 unspecified atom stereocenters. The average molecular weight is 360 g/mol. The zero-order valence-electron chi connectivity index (χ0n) is 16.1. The molecule has 2 aromatic carbocycles. The van der Waals surface area contributed by atoms with Gasteiger partial charge < -0.3 is 4.74 Å². The number of benzene rings is 2. The number of hydrogen-bond acceptors (Lipinski definition) is 2. The Morgan fingerprint density at radius 3 is 2.19 bits per heavy atom. The molecular formula is C22H26F2O2. The number of ketones is 1. The highest BCUT2D eigenvalue weighted by molar-refractivity contribution is 5.82. The van der Waals surface area contributed by atoms with E-state index in [0.29, 0.717) is 24.2 Å². The van der Waals surface area contributed by atoms with Crippen LogP contribution in [0.25, 0.3) is 0 Å². The van der Waals surface area contributed by atoms with Gasteiger partial charge in [-0.05, 0) is 60.2 Å². The van der Waals surface area contributed by atoms with Crippen LogP contribution in [-0.4, -0.2) is 5.78 Å². The van der Waals surface area contributed by atoms with E-state index < -0.39 is 11.6 Å². The van der Waals surface area contributed by atoms with Crippen LogP contribution < -0.4 is 4.74 Å². The summed E-state index contributed by atoms with van der Waals surface area (Å²) < 4.78 is 32.3. The molecule has 0 aromatic heterocycles. The van der Waals surface area contributed by atoms with Gasteiger partial charge in [-0.25, -0.2) is 8.78 Å². The van der Waals surface area contributed by atoms with E-state index in [-0.39, 0.29) is 17.8 Å². The van der Waals surface area contributed by atoms with Crippen molar-refractivity contribution in [2.45, 2.75) is 54.1 Å². The fourth-order valence-electron chi connectivity index (χ4n) is 2.97. The van der Waals surface area contributed by atoms with Crippen molar-refractivity contribution in [3.63, 3.8) is 0 Å². The Labute approximate surface area is 154 Å². The highest BCUT2D eigenvalue weighted by Crippen LogP contribution is 2.26. The number of carbonyl (C=O) groups excluding carboxylic acids is 1. The van der Waals surface area contributed by atoms with Gasteiger partial charge in [0.2, 0.25) is 0 Å². The third-order valence-corrected chi connectivity index (χ3v) is 4.18. The number of rotatable bonds is 6. The normalized spacial score (nSPS) is 11.5. The monoisotopic (exact) mass is 360 g/mol. The lowest BCUT2D eigenvalue weighted by Gasteiger charge is -2.18. The lowest BCUT2D eigenvalue weighted by Crippen LogP contribution is -2.15. The van der Waals surface area contributed by atoms with Crippen molar-refractivity contribution < 1.29 is 18.3 Å². The second-order valence-corrected chi connectivity index (χ2v) is 8.01. The van der Waals surface area contributed by atoms with Gasteiger partial charge in [0, 0.05) is 24.5 Å². The smallest absolute Gasteiger partial charge is 0.137 e. The standard InChI is InChI=1S/C22H26F2O2/c1-14-8-19(26-13-16-6-7-17(23)10-21(16)24)9-15(2)20(14)11-18(25)12-22(3,4)5/h6-10H,11-13H2,1-5H3. The molecule has 0 atom stereocenters. The predicted molar refractivity (Wildman–Crippen MR) is 99.4 cm³/mol. The second-order valence-electron chi connectivity index (χ2n) is 8.01. The minimum Gasteiger partial charge on any atom is -0.489 e. The molecule has 26 heavy (non-hydrogen) atoms. The molecule has 0 saturated carbocycles. The van der Waals surface area contributed by atoms with Crippen LogP contribution in [0.5, 0.6) is 5.75 Å². The van der Waals surface area contributed by atoms with E-state index in [1.165, 1.54) is 12.1 Å². The molecule has 4 heteroatoms. The van der Waals surface area contributed by atoms with Crippen LogP contribution in [0, 0.1) is 30.9 Å². The van der Waals surface area contributed by atoms with Crippen molar-refractivity contribution in [3.05, 3.63) is 64.2 Å². The zero-order valence-corrected chi connectivity index (χ0v) is 16.1. The third kappa shape index (κ3) is 5.65. The largest absolute Gasteiger partial charge is 0.489 e. The zero-order chi connectivity index (χ0) is 19.5. The molecule has 0 aliphatic rings. The molecule has 0 N–H and O–H groups in total. The van der Waals surface area contributed by atoms with Gasteiger partial charge in [-0.15, -0.1) is 0 Å². The van der Waals surface area contributed by atoms with Crippen LogP contribution >= 0.6 is 0 Å². The molecule has 0 amide bonds. The summed E-state index contributed by atoms with van der Waals surface area (Å²) in [5, 5.41) is 0. The second kappa shape index (κ2) is 7.98. The van der Waals surface area contributed by atoms with Crippen LogP contribution in [0.3, 0.4) is 0 Å². The SMILES string of the molecule is Cc1cc(OCc2ccc(F)cc2F)cc(C)c1CC(=O)CC(C)(C)C. The molecule has 2 nitrogen and oxygen atoms in total. The number of aryl methyl sites for hydroxylation is 2. The summed E-state index contributed by atoms with van der Waals surface area (Å²) in [6.07, 6.45) is 0.940. The summed E-state index contributed by atoms with van der Waals surface area (Å²) in [5.74, 6) is -0.411. The summed E-state index contributed by atoms with van der Waals surface area (Å²) in [5.41, 5.74) is 3.23. The minimum atomic E-state index is -0.622. The molecule has 0 spiro atoms. The maximum Gasteiger partial charge on any atom is 0.137 e. The van der Waals surface area contributed by atoms with Crippen LogP contribution in [0.15, 0.2) is 30.3 Å². The van der Waals surface area contributed by atoms with Gasteiger partial charge in [-0.3, -0.25) is 4.79 Å². The Morgan fingerprint density at radius 2 is 1.65 bits per heavy atom. The summed E-state index contributed by atoms with van der Waals surface area (Å²) in [4.78, 5) is 12.3. The first-order valence-corrected chi connectivity index (χ1v) is 8.74. The Hall–Kier alpha value is -2.23.